The van der Waals surface area contributed by atoms with Crippen LogP contribution >= 0.6 is 15.9 Å². The second kappa shape index (κ2) is 12.6. The third-order valence-electron chi connectivity index (χ3n) is 5.20. The number of aliphatic hydroxyl groups is 2. The molecule has 2 rings (SSSR count). The number of aromatic nitrogens is 2. The van der Waals surface area contributed by atoms with Gasteiger partial charge in [-0.2, -0.15) is 13.8 Å². The van der Waals surface area contributed by atoms with E-state index < -0.39 is 36.7 Å². The number of halogens is 3. The molecule has 0 spiro atoms. The molecular formula is C20H30BrF2N3O5. The highest BCUT2D eigenvalue weighted by molar-refractivity contribution is 9.09. The van der Waals surface area contributed by atoms with Gasteiger partial charge in [-0.1, -0.05) is 54.5 Å². The van der Waals surface area contributed by atoms with Crippen molar-refractivity contribution in [3.63, 3.8) is 0 Å². The number of aliphatic hydroxyl groups excluding tert-OH is 2. The predicted octanol–water partition coefficient (Wildman–Crippen LogP) is 2.97. The molecule has 3 N–H and O–H groups in total. The van der Waals surface area contributed by atoms with Crippen LogP contribution in [0.1, 0.15) is 64.0 Å². The van der Waals surface area contributed by atoms with Crippen molar-refractivity contribution in [2.75, 3.05) is 17.3 Å². The Kier molecular flexibility index (Phi) is 10.5. The van der Waals surface area contributed by atoms with Crippen LogP contribution in [0.4, 0.5) is 14.6 Å². The Morgan fingerprint density at radius 2 is 1.81 bits per heavy atom. The van der Waals surface area contributed by atoms with E-state index in [1.54, 1.807) is 0 Å². The van der Waals surface area contributed by atoms with Crippen molar-refractivity contribution >= 4 is 27.7 Å². The third-order valence-corrected chi connectivity index (χ3v) is 5.76. The van der Waals surface area contributed by atoms with E-state index >= 15 is 0 Å². The van der Waals surface area contributed by atoms with E-state index in [-0.39, 0.29) is 18.1 Å². The SMILES string of the molecule is O=C(CCCCCCCCCCBr)Nc1ccn([C@@H]2O[C@H](CO)[C@@H](O)C2(F)F)c(=O)n1. The van der Waals surface area contributed by atoms with Gasteiger partial charge in [0, 0.05) is 17.9 Å². The molecule has 1 aromatic heterocycles. The first kappa shape index (κ1) is 25.8. The van der Waals surface area contributed by atoms with Gasteiger partial charge in [-0.25, -0.2) is 4.79 Å². The van der Waals surface area contributed by atoms with Gasteiger partial charge in [-0.05, 0) is 18.9 Å². The van der Waals surface area contributed by atoms with Gasteiger partial charge in [0.2, 0.25) is 12.1 Å². The number of ether oxygens (including phenoxy) is 1. The number of nitrogens with one attached hydrogen (secondary N) is 1. The van der Waals surface area contributed by atoms with Gasteiger partial charge in [0.25, 0.3) is 0 Å². The number of carbonyl (C=O) groups excluding carboxylic acids is 1. The van der Waals surface area contributed by atoms with Gasteiger partial charge in [0.15, 0.2) is 6.10 Å². The van der Waals surface area contributed by atoms with E-state index in [1.807, 2.05) is 0 Å². The van der Waals surface area contributed by atoms with Crippen LogP contribution in [0.25, 0.3) is 0 Å². The maximum absolute atomic E-state index is 14.2. The molecule has 1 saturated heterocycles. The van der Waals surface area contributed by atoms with Gasteiger partial charge >= 0.3 is 11.6 Å². The minimum absolute atomic E-state index is 0.0430. The quantitative estimate of drug-likeness (QED) is 0.278. The van der Waals surface area contributed by atoms with Gasteiger partial charge in [0.1, 0.15) is 11.9 Å². The fourth-order valence-corrected chi connectivity index (χ4v) is 3.82. The van der Waals surface area contributed by atoms with Crippen molar-refractivity contribution in [3.8, 4) is 0 Å². The molecule has 1 aromatic rings. The Balaban J connectivity index is 1.78. The van der Waals surface area contributed by atoms with E-state index in [0.29, 0.717) is 11.0 Å². The fourth-order valence-electron chi connectivity index (χ4n) is 3.43. The molecule has 176 valence electrons. The van der Waals surface area contributed by atoms with Crippen molar-refractivity contribution in [1.82, 2.24) is 9.55 Å². The van der Waals surface area contributed by atoms with E-state index in [0.717, 1.165) is 30.8 Å². The van der Waals surface area contributed by atoms with Gasteiger partial charge in [-0.15, -0.1) is 0 Å². The van der Waals surface area contributed by atoms with Gasteiger partial charge in [-0.3, -0.25) is 9.36 Å². The van der Waals surface area contributed by atoms with Crippen LogP contribution < -0.4 is 11.0 Å². The van der Waals surface area contributed by atoms with Crippen molar-refractivity contribution < 1.29 is 28.5 Å². The van der Waals surface area contributed by atoms with Crippen LogP contribution in [0.3, 0.4) is 0 Å². The lowest BCUT2D eigenvalue weighted by atomic mass is 10.1. The Morgan fingerprint density at radius 3 is 2.35 bits per heavy atom. The standard InChI is InChI=1S/C20H30BrF2N3O5/c21-11-8-6-4-2-1-3-5-7-9-16(28)24-15-10-12-26(19(30)25-15)18-20(22,23)17(29)14(13-27)31-18/h10,12,14,17-18,27,29H,1-9,11,13H2,(H,24,25,28,30)/t14-,17-,18-/m1/s1. The number of alkyl halides is 3. The van der Waals surface area contributed by atoms with Crippen molar-refractivity contribution in [1.29, 1.82) is 0 Å². The second-order valence-corrected chi connectivity index (χ2v) is 8.44. The molecule has 1 aliphatic heterocycles. The normalized spacial score (nSPS) is 22.5. The molecular weight excluding hydrogens is 480 g/mol. The zero-order valence-corrected chi connectivity index (χ0v) is 18.9. The molecule has 3 atom stereocenters. The summed E-state index contributed by atoms with van der Waals surface area (Å²) in [6.07, 6.45) is 4.14. The summed E-state index contributed by atoms with van der Waals surface area (Å²) >= 11 is 3.41. The minimum atomic E-state index is -3.78. The molecule has 2 heterocycles. The summed E-state index contributed by atoms with van der Waals surface area (Å²) < 4.78 is 33.8. The van der Waals surface area contributed by atoms with E-state index in [2.05, 4.69) is 26.2 Å². The first-order valence-corrected chi connectivity index (χ1v) is 11.7. The first-order chi connectivity index (χ1) is 14.8. The first-order valence-electron chi connectivity index (χ1n) is 10.6. The molecule has 1 amide bonds. The summed E-state index contributed by atoms with van der Waals surface area (Å²) in [7, 11) is 0. The molecule has 0 aliphatic carbocycles. The maximum atomic E-state index is 14.2. The Morgan fingerprint density at radius 1 is 1.19 bits per heavy atom. The summed E-state index contributed by atoms with van der Waals surface area (Å²) in [6, 6.07) is 1.21. The number of hydrogen-bond acceptors (Lipinski definition) is 6. The average Bonchev–Trinajstić information content (AvgIpc) is 2.96. The summed E-state index contributed by atoms with van der Waals surface area (Å²) in [4.78, 5) is 27.8. The third kappa shape index (κ3) is 7.30. The lowest BCUT2D eigenvalue weighted by molar-refractivity contribution is -0.141. The highest BCUT2D eigenvalue weighted by Crippen LogP contribution is 2.41. The molecule has 0 bridgehead atoms. The van der Waals surface area contributed by atoms with Crippen molar-refractivity contribution in [3.05, 3.63) is 22.7 Å². The Hall–Kier alpha value is -1.43. The van der Waals surface area contributed by atoms with Crippen molar-refractivity contribution in [2.24, 2.45) is 0 Å². The molecule has 8 nitrogen and oxygen atoms in total. The molecule has 1 aliphatic rings. The van der Waals surface area contributed by atoms with Crippen LogP contribution in [-0.4, -0.2) is 55.7 Å². The minimum Gasteiger partial charge on any atom is -0.394 e. The van der Waals surface area contributed by atoms with Crippen LogP contribution in [0.5, 0.6) is 0 Å². The number of nitrogens with zero attached hydrogens (tertiary/aromatic N) is 2. The summed E-state index contributed by atoms with van der Waals surface area (Å²) in [6.45, 7) is -0.819. The smallest absolute Gasteiger partial charge is 0.351 e. The monoisotopic (exact) mass is 509 g/mol. The zero-order valence-electron chi connectivity index (χ0n) is 17.3. The molecule has 0 unspecified atom stereocenters. The maximum Gasteiger partial charge on any atom is 0.351 e. The number of amides is 1. The van der Waals surface area contributed by atoms with Gasteiger partial charge in [0.05, 0.1) is 6.61 Å². The average molecular weight is 510 g/mol. The van der Waals surface area contributed by atoms with E-state index in [9.17, 15) is 23.5 Å². The van der Waals surface area contributed by atoms with E-state index in [4.69, 9.17) is 9.84 Å². The van der Waals surface area contributed by atoms with Gasteiger partial charge < -0.3 is 20.3 Å². The van der Waals surface area contributed by atoms with Crippen LogP contribution in [0, 0.1) is 0 Å². The lowest BCUT2D eigenvalue weighted by Gasteiger charge is -2.21. The highest BCUT2D eigenvalue weighted by Gasteiger charge is 2.59. The Bertz CT molecular complexity index is 765. The zero-order chi connectivity index (χ0) is 22.9. The predicted molar refractivity (Wildman–Crippen MR) is 114 cm³/mol. The molecule has 31 heavy (non-hydrogen) atoms. The van der Waals surface area contributed by atoms with E-state index in [1.165, 1.54) is 31.7 Å². The lowest BCUT2D eigenvalue weighted by Crippen LogP contribution is -2.41. The van der Waals surface area contributed by atoms with Crippen LogP contribution in [-0.2, 0) is 9.53 Å². The van der Waals surface area contributed by atoms with Crippen LogP contribution in [0.15, 0.2) is 17.1 Å². The number of rotatable bonds is 13. The summed E-state index contributed by atoms with van der Waals surface area (Å²) in [5, 5.41) is 22.1. The second-order valence-electron chi connectivity index (χ2n) is 7.65. The largest absolute Gasteiger partial charge is 0.394 e. The highest BCUT2D eigenvalue weighted by atomic mass is 79.9. The Labute approximate surface area is 188 Å². The van der Waals surface area contributed by atoms with Crippen LogP contribution in [0.2, 0.25) is 0 Å². The molecule has 0 aromatic carbocycles. The number of carbonyl (C=O) groups is 1. The number of unbranched alkanes of at least 4 members (excludes halogenated alkanes) is 7. The topological polar surface area (TPSA) is 114 Å². The number of anilines is 1. The molecule has 0 saturated carbocycles. The molecule has 11 heteroatoms. The fraction of sp³-hybridized carbons (Fsp3) is 0.750. The number of hydrogen-bond donors (Lipinski definition) is 3. The molecule has 1 fully saturated rings. The summed E-state index contributed by atoms with van der Waals surface area (Å²) in [5.41, 5.74) is -1.06. The summed E-state index contributed by atoms with van der Waals surface area (Å²) in [5.74, 6) is -4.13. The van der Waals surface area contributed by atoms with Crippen molar-refractivity contribution in [2.45, 2.75) is 82.1 Å². The molecule has 0 radical (unpaired) electrons.